The number of anilines is 2. The van der Waals surface area contributed by atoms with Crippen LogP contribution in [0.15, 0.2) is 60.3 Å². The van der Waals surface area contributed by atoms with Crippen LogP contribution in [0, 0.1) is 0 Å². The maximum atomic E-state index is 12.7. The SMILES string of the molecule is CCN(CC)c1ccc(/C=C2\NC(=S)N(c3ccccc3)C2=O)cc1. The quantitative estimate of drug-likeness (QED) is 0.657. The fraction of sp³-hybridized carbons (Fsp3) is 0.200. The zero-order chi connectivity index (χ0) is 17.8. The first-order chi connectivity index (χ1) is 12.1. The third-order valence-electron chi connectivity index (χ3n) is 4.23. The Morgan fingerprint density at radius 1 is 1.04 bits per heavy atom. The Hall–Kier alpha value is -2.66. The van der Waals surface area contributed by atoms with Crippen LogP contribution in [0.3, 0.4) is 0 Å². The first-order valence-corrected chi connectivity index (χ1v) is 8.82. The van der Waals surface area contributed by atoms with Crippen LogP contribution in [0.5, 0.6) is 0 Å². The fourth-order valence-electron chi connectivity index (χ4n) is 2.88. The maximum Gasteiger partial charge on any atom is 0.281 e. The molecule has 2 aromatic rings. The number of nitrogens with one attached hydrogen (secondary N) is 1. The van der Waals surface area contributed by atoms with Gasteiger partial charge in [-0.15, -0.1) is 0 Å². The minimum Gasteiger partial charge on any atom is -0.372 e. The molecule has 0 aromatic heterocycles. The standard InChI is InChI=1S/C20H21N3OS/c1-3-22(4-2)16-12-10-15(11-13-16)14-18-19(24)23(20(25)21-18)17-8-6-5-7-9-17/h5-14H,3-4H2,1-2H3,(H,21,25)/b18-14-. The Morgan fingerprint density at radius 2 is 1.68 bits per heavy atom. The highest BCUT2D eigenvalue weighted by Gasteiger charge is 2.31. The fourth-order valence-corrected chi connectivity index (χ4v) is 3.18. The first-order valence-electron chi connectivity index (χ1n) is 8.41. The summed E-state index contributed by atoms with van der Waals surface area (Å²) in [6.07, 6.45) is 1.84. The maximum absolute atomic E-state index is 12.7. The van der Waals surface area contributed by atoms with Crippen molar-refractivity contribution in [3.63, 3.8) is 0 Å². The van der Waals surface area contributed by atoms with Crippen LogP contribution in [0.25, 0.3) is 6.08 Å². The predicted octanol–water partition coefficient (Wildman–Crippen LogP) is 3.80. The molecular formula is C20H21N3OS. The van der Waals surface area contributed by atoms with Crippen LogP contribution in [0.4, 0.5) is 11.4 Å². The van der Waals surface area contributed by atoms with Gasteiger partial charge in [0.15, 0.2) is 5.11 Å². The van der Waals surface area contributed by atoms with Gasteiger partial charge in [0, 0.05) is 18.8 Å². The lowest BCUT2D eigenvalue weighted by Gasteiger charge is -2.20. The van der Waals surface area contributed by atoms with Gasteiger partial charge in [0.2, 0.25) is 0 Å². The summed E-state index contributed by atoms with van der Waals surface area (Å²) >= 11 is 5.33. The van der Waals surface area contributed by atoms with E-state index in [2.05, 4.69) is 36.2 Å². The highest BCUT2D eigenvalue weighted by molar-refractivity contribution is 7.80. The second kappa shape index (κ2) is 7.49. The number of hydrogen-bond donors (Lipinski definition) is 1. The second-order valence-electron chi connectivity index (χ2n) is 5.73. The van der Waals surface area contributed by atoms with Gasteiger partial charge < -0.3 is 10.2 Å². The Balaban J connectivity index is 1.82. The predicted molar refractivity (Wildman–Crippen MR) is 108 cm³/mol. The molecule has 0 bridgehead atoms. The normalized spacial score (nSPS) is 15.6. The molecule has 0 atom stereocenters. The molecule has 4 nitrogen and oxygen atoms in total. The summed E-state index contributed by atoms with van der Waals surface area (Å²) in [6.45, 7) is 6.22. The van der Waals surface area contributed by atoms with Crippen molar-refractivity contribution in [1.82, 2.24) is 5.32 Å². The molecule has 0 unspecified atom stereocenters. The lowest BCUT2D eigenvalue weighted by molar-refractivity contribution is -0.113. The van der Waals surface area contributed by atoms with Crippen molar-refractivity contribution in [1.29, 1.82) is 0 Å². The Bertz CT molecular complexity index is 795. The van der Waals surface area contributed by atoms with E-state index in [4.69, 9.17) is 12.2 Å². The molecule has 1 heterocycles. The third-order valence-corrected chi connectivity index (χ3v) is 4.51. The van der Waals surface area contributed by atoms with Crippen LogP contribution in [0.1, 0.15) is 19.4 Å². The van der Waals surface area contributed by atoms with Crippen LogP contribution in [0.2, 0.25) is 0 Å². The van der Waals surface area contributed by atoms with Gasteiger partial charge in [-0.3, -0.25) is 9.69 Å². The molecule has 1 aliphatic rings. The summed E-state index contributed by atoms with van der Waals surface area (Å²) in [4.78, 5) is 16.5. The van der Waals surface area contributed by atoms with E-state index in [9.17, 15) is 4.79 Å². The van der Waals surface area contributed by atoms with Crippen molar-refractivity contribution >= 4 is 40.7 Å². The summed E-state index contributed by atoms with van der Waals surface area (Å²) in [6, 6.07) is 17.6. The molecule has 5 heteroatoms. The molecule has 2 aromatic carbocycles. The highest BCUT2D eigenvalue weighted by atomic mass is 32.1. The van der Waals surface area contributed by atoms with E-state index in [0.717, 1.165) is 24.3 Å². The molecule has 1 fully saturated rings. The van der Waals surface area contributed by atoms with Crippen molar-refractivity contribution in [2.75, 3.05) is 22.9 Å². The number of thiocarbonyl (C=S) groups is 1. The molecule has 128 valence electrons. The number of para-hydroxylation sites is 1. The molecule has 1 saturated heterocycles. The molecular weight excluding hydrogens is 330 g/mol. The van der Waals surface area contributed by atoms with E-state index in [-0.39, 0.29) is 5.91 Å². The van der Waals surface area contributed by atoms with Crippen LogP contribution in [-0.2, 0) is 4.79 Å². The molecule has 1 N–H and O–H groups in total. The summed E-state index contributed by atoms with van der Waals surface area (Å²) in [7, 11) is 0. The first kappa shape index (κ1) is 17.2. The summed E-state index contributed by atoms with van der Waals surface area (Å²) < 4.78 is 0. The monoisotopic (exact) mass is 351 g/mol. The zero-order valence-electron chi connectivity index (χ0n) is 14.4. The van der Waals surface area contributed by atoms with Gasteiger partial charge in [0.1, 0.15) is 5.70 Å². The molecule has 1 amide bonds. The second-order valence-corrected chi connectivity index (χ2v) is 6.11. The average molecular weight is 351 g/mol. The minimum atomic E-state index is -0.135. The van der Waals surface area contributed by atoms with Crippen molar-refractivity contribution < 1.29 is 4.79 Å². The van der Waals surface area contributed by atoms with Gasteiger partial charge in [-0.1, -0.05) is 30.3 Å². The minimum absolute atomic E-state index is 0.135. The highest BCUT2D eigenvalue weighted by Crippen LogP contribution is 2.23. The number of amides is 1. The van der Waals surface area contributed by atoms with E-state index in [0.29, 0.717) is 10.8 Å². The average Bonchev–Trinajstić information content (AvgIpc) is 2.91. The number of carbonyl (C=O) groups excluding carboxylic acids is 1. The van der Waals surface area contributed by atoms with Gasteiger partial charge in [-0.2, -0.15) is 0 Å². The van der Waals surface area contributed by atoms with E-state index in [1.165, 1.54) is 10.6 Å². The van der Waals surface area contributed by atoms with E-state index < -0.39 is 0 Å². The van der Waals surface area contributed by atoms with Crippen molar-refractivity contribution in [3.05, 3.63) is 65.9 Å². The number of nitrogens with zero attached hydrogens (tertiary/aromatic N) is 2. The molecule has 1 aliphatic heterocycles. The van der Waals surface area contributed by atoms with Crippen molar-refractivity contribution in [2.45, 2.75) is 13.8 Å². The third kappa shape index (κ3) is 3.56. The molecule has 0 aliphatic carbocycles. The summed E-state index contributed by atoms with van der Waals surface area (Å²) in [5.74, 6) is -0.135. The van der Waals surface area contributed by atoms with Crippen molar-refractivity contribution in [2.24, 2.45) is 0 Å². The van der Waals surface area contributed by atoms with E-state index in [1.54, 1.807) is 0 Å². The van der Waals surface area contributed by atoms with Gasteiger partial charge in [0.05, 0.1) is 5.69 Å². The molecule has 0 spiro atoms. The zero-order valence-corrected chi connectivity index (χ0v) is 15.2. The van der Waals surface area contributed by atoms with Crippen LogP contribution >= 0.6 is 12.2 Å². The molecule has 25 heavy (non-hydrogen) atoms. The van der Waals surface area contributed by atoms with Crippen LogP contribution in [-0.4, -0.2) is 24.1 Å². The molecule has 0 radical (unpaired) electrons. The number of benzene rings is 2. The van der Waals surface area contributed by atoms with E-state index in [1.807, 2.05) is 48.5 Å². The number of hydrogen-bond acceptors (Lipinski definition) is 3. The Morgan fingerprint density at radius 3 is 2.28 bits per heavy atom. The largest absolute Gasteiger partial charge is 0.372 e. The Kier molecular flexibility index (Phi) is 5.14. The molecule has 0 saturated carbocycles. The van der Waals surface area contributed by atoms with Crippen LogP contribution < -0.4 is 15.1 Å². The van der Waals surface area contributed by atoms with Gasteiger partial charge in [-0.25, -0.2) is 0 Å². The number of rotatable bonds is 5. The van der Waals surface area contributed by atoms with E-state index >= 15 is 0 Å². The lowest BCUT2D eigenvalue weighted by Crippen LogP contribution is -2.30. The number of carbonyl (C=O) groups is 1. The lowest BCUT2D eigenvalue weighted by atomic mass is 10.1. The summed E-state index contributed by atoms with van der Waals surface area (Å²) in [5, 5.41) is 3.42. The van der Waals surface area contributed by atoms with Gasteiger partial charge >= 0.3 is 0 Å². The van der Waals surface area contributed by atoms with Crippen molar-refractivity contribution in [3.8, 4) is 0 Å². The topological polar surface area (TPSA) is 35.6 Å². The smallest absolute Gasteiger partial charge is 0.281 e. The molecule has 3 rings (SSSR count). The summed E-state index contributed by atoms with van der Waals surface area (Å²) in [5.41, 5.74) is 3.40. The Labute approximate surface area is 153 Å². The van der Waals surface area contributed by atoms with Gasteiger partial charge in [-0.05, 0) is 62.0 Å². The van der Waals surface area contributed by atoms with Gasteiger partial charge in [0.25, 0.3) is 5.91 Å².